The van der Waals surface area contributed by atoms with Crippen LogP contribution in [0.15, 0.2) is 18.2 Å². The molecule has 1 aliphatic carbocycles. The van der Waals surface area contributed by atoms with E-state index in [4.69, 9.17) is 0 Å². The van der Waals surface area contributed by atoms with E-state index in [1.807, 2.05) is 6.07 Å². The van der Waals surface area contributed by atoms with E-state index in [0.29, 0.717) is 6.04 Å². The van der Waals surface area contributed by atoms with Gasteiger partial charge in [0.1, 0.15) is 5.82 Å². The largest absolute Gasteiger partial charge is 0.358 e. The van der Waals surface area contributed by atoms with Gasteiger partial charge in [-0.15, -0.1) is 0 Å². The number of aryl methyl sites for hydroxylation is 1. The lowest BCUT2D eigenvalue weighted by Crippen LogP contribution is -2.33. The Labute approximate surface area is 100 Å². The number of halogens is 1. The molecule has 1 atom stereocenters. The number of nitrogens with zero attached hydrogens (tertiary/aromatic N) is 1. The molecule has 1 N–H and O–H groups in total. The van der Waals surface area contributed by atoms with Crippen LogP contribution < -0.4 is 0 Å². The van der Waals surface area contributed by atoms with Crippen LogP contribution >= 0.6 is 0 Å². The van der Waals surface area contributed by atoms with Gasteiger partial charge in [-0.1, -0.05) is 0 Å². The molecule has 0 unspecified atom stereocenters. The van der Waals surface area contributed by atoms with Crippen molar-refractivity contribution in [1.82, 2.24) is 9.88 Å². The molecule has 0 amide bonds. The molecule has 17 heavy (non-hydrogen) atoms. The van der Waals surface area contributed by atoms with Crippen LogP contribution in [-0.4, -0.2) is 30.0 Å². The molecular formula is C14H17FN2. The SMILES string of the molecule is CN(C)[C@H]1CCc2[nH]c3cc(F)ccc3c2C1. The van der Waals surface area contributed by atoms with Gasteiger partial charge in [0.15, 0.2) is 0 Å². The third-order valence-corrected chi connectivity index (χ3v) is 3.85. The Kier molecular flexibility index (Phi) is 2.44. The average molecular weight is 232 g/mol. The number of likely N-dealkylation sites (N-methyl/N-ethyl adjacent to an activating group) is 1. The summed E-state index contributed by atoms with van der Waals surface area (Å²) < 4.78 is 13.2. The molecule has 0 bridgehead atoms. The molecule has 90 valence electrons. The summed E-state index contributed by atoms with van der Waals surface area (Å²) in [5.41, 5.74) is 3.61. The highest BCUT2D eigenvalue weighted by molar-refractivity contribution is 5.85. The molecule has 1 heterocycles. The van der Waals surface area contributed by atoms with Crippen LogP contribution in [-0.2, 0) is 12.8 Å². The first-order valence-corrected chi connectivity index (χ1v) is 6.10. The van der Waals surface area contributed by atoms with Crippen molar-refractivity contribution in [3.63, 3.8) is 0 Å². The van der Waals surface area contributed by atoms with Crippen molar-refractivity contribution in [3.8, 4) is 0 Å². The van der Waals surface area contributed by atoms with Crippen molar-refractivity contribution < 1.29 is 4.39 Å². The molecule has 0 radical (unpaired) electrons. The molecule has 2 nitrogen and oxygen atoms in total. The third-order valence-electron chi connectivity index (χ3n) is 3.85. The highest BCUT2D eigenvalue weighted by atomic mass is 19.1. The molecule has 3 rings (SSSR count). The maximum Gasteiger partial charge on any atom is 0.125 e. The highest BCUT2D eigenvalue weighted by Crippen LogP contribution is 2.30. The molecule has 3 heteroatoms. The molecule has 0 aliphatic heterocycles. The second-order valence-corrected chi connectivity index (χ2v) is 5.13. The topological polar surface area (TPSA) is 19.0 Å². The van der Waals surface area contributed by atoms with Crippen LogP contribution in [0.1, 0.15) is 17.7 Å². The van der Waals surface area contributed by atoms with E-state index >= 15 is 0 Å². The van der Waals surface area contributed by atoms with Gasteiger partial charge in [-0.05, 0) is 57.1 Å². The van der Waals surface area contributed by atoms with Gasteiger partial charge >= 0.3 is 0 Å². The molecule has 0 saturated heterocycles. The minimum atomic E-state index is -0.166. The number of fused-ring (bicyclic) bond motifs is 3. The van der Waals surface area contributed by atoms with E-state index in [0.717, 1.165) is 18.4 Å². The normalized spacial score (nSPS) is 19.9. The van der Waals surface area contributed by atoms with Gasteiger partial charge in [0.05, 0.1) is 0 Å². The Bertz CT molecular complexity index is 557. The Balaban J connectivity index is 2.09. The van der Waals surface area contributed by atoms with Gasteiger partial charge in [0.25, 0.3) is 0 Å². The van der Waals surface area contributed by atoms with Crippen molar-refractivity contribution >= 4 is 10.9 Å². The van der Waals surface area contributed by atoms with E-state index in [2.05, 4.69) is 24.0 Å². The van der Waals surface area contributed by atoms with Crippen LogP contribution in [0.2, 0.25) is 0 Å². The maximum atomic E-state index is 13.2. The number of rotatable bonds is 1. The quantitative estimate of drug-likeness (QED) is 0.801. The lowest BCUT2D eigenvalue weighted by atomic mass is 9.91. The third kappa shape index (κ3) is 1.75. The predicted molar refractivity (Wildman–Crippen MR) is 67.8 cm³/mol. The Morgan fingerprint density at radius 2 is 2.18 bits per heavy atom. The number of aromatic amines is 1. The number of hydrogen-bond acceptors (Lipinski definition) is 1. The minimum absolute atomic E-state index is 0.166. The Hall–Kier alpha value is -1.35. The van der Waals surface area contributed by atoms with Gasteiger partial charge in [-0.25, -0.2) is 4.39 Å². The van der Waals surface area contributed by atoms with Gasteiger partial charge < -0.3 is 9.88 Å². The summed E-state index contributed by atoms with van der Waals surface area (Å²) in [6.07, 6.45) is 3.30. The summed E-state index contributed by atoms with van der Waals surface area (Å²) in [5, 5.41) is 1.19. The number of benzene rings is 1. The summed E-state index contributed by atoms with van der Waals surface area (Å²) in [6, 6.07) is 5.65. The zero-order valence-electron chi connectivity index (χ0n) is 10.3. The summed E-state index contributed by atoms with van der Waals surface area (Å²) >= 11 is 0. The lowest BCUT2D eigenvalue weighted by Gasteiger charge is -2.28. The molecule has 1 aliphatic rings. The van der Waals surface area contributed by atoms with Crippen molar-refractivity contribution in [2.45, 2.75) is 25.3 Å². The summed E-state index contributed by atoms with van der Waals surface area (Å²) in [6.45, 7) is 0. The van der Waals surface area contributed by atoms with Gasteiger partial charge in [0, 0.05) is 22.6 Å². The second kappa shape index (κ2) is 3.84. The van der Waals surface area contributed by atoms with E-state index in [9.17, 15) is 4.39 Å². The number of hydrogen-bond donors (Lipinski definition) is 1. The van der Waals surface area contributed by atoms with Crippen molar-refractivity contribution in [2.24, 2.45) is 0 Å². The maximum absolute atomic E-state index is 13.2. The number of aromatic nitrogens is 1. The van der Waals surface area contributed by atoms with Crippen LogP contribution in [0, 0.1) is 5.82 Å². The zero-order valence-corrected chi connectivity index (χ0v) is 10.3. The molecule has 0 spiro atoms. The van der Waals surface area contributed by atoms with E-state index in [1.165, 1.54) is 23.1 Å². The molecule has 1 aromatic carbocycles. The standard InChI is InChI=1S/C14H17FN2/c1-17(2)10-4-6-13-12(8-10)11-5-3-9(15)7-14(11)16-13/h3,5,7,10,16H,4,6,8H2,1-2H3/t10-/m0/s1. The molecule has 1 aromatic heterocycles. The molecule has 2 aromatic rings. The number of nitrogens with one attached hydrogen (secondary N) is 1. The first-order chi connectivity index (χ1) is 8.15. The first kappa shape index (κ1) is 10.8. The average Bonchev–Trinajstić information content (AvgIpc) is 2.64. The van der Waals surface area contributed by atoms with E-state index < -0.39 is 0 Å². The van der Waals surface area contributed by atoms with Gasteiger partial charge in [-0.3, -0.25) is 0 Å². The minimum Gasteiger partial charge on any atom is -0.358 e. The van der Waals surface area contributed by atoms with Crippen LogP contribution in [0.4, 0.5) is 4.39 Å². The van der Waals surface area contributed by atoms with E-state index in [1.54, 1.807) is 12.1 Å². The fourth-order valence-corrected chi connectivity index (χ4v) is 2.82. The van der Waals surface area contributed by atoms with E-state index in [-0.39, 0.29) is 5.82 Å². The number of H-pyrrole nitrogens is 1. The lowest BCUT2D eigenvalue weighted by molar-refractivity contribution is 0.268. The van der Waals surface area contributed by atoms with Crippen LogP contribution in [0.5, 0.6) is 0 Å². The highest BCUT2D eigenvalue weighted by Gasteiger charge is 2.23. The predicted octanol–water partition coefficient (Wildman–Crippen LogP) is 2.73. The Morgan fingerprint density at radius 1 is 1.35 bits per heavy atom. The Morgan fingerprint density at radius 3 is 2.94 bits per heavy atom. The molecular weight excluding hydrogens is 215 g/mol. The summed E-state index contributed by atoms with van der Waals surface area (Å²) in [4.78, 5) is 5.64. The van der Waals surface area contributed by atoms with Crippen molar-refractivity contribution in [1.29, 1.82) is 0 Å². The van der Waals surface area contributed by atoms with Gasteiger partial charge in [-0.2, -0.15) is 0 Å². The second-order valence-electron chi connectivity index (χ2n) is 5.13. The zero-order chi connectivity index (χ0) is 12.0. The fraction of sp³-hybridized carbons (Fsp3) is 0.429. The van der Waals surface area contributed by atoms with Gasteiger partial charge in [0.2, 0.25) is 0 Å². The molecule has 0 saturated carbocycles. The molecule has 0 fully saturated rings. The van der Waals surface area contributed by atoms with Crippen molar-refractivity contribution in [3.05, 3.63) is 35.3 Å². The summed E-state index contributed by atoms with van der Waals surface area (Å²) in [7, 11) is 4.26. The van der Waals surface area contributed by atoms with Crippen molar-refractivity contribution in [2.75, 3.05) is 14.1 Å². The first-order valence-electron chi connectivity index (χ1n) is 6.10. The smallest absolute Gasteiger partial charge is 0.125 e. The monoisotopic (exact) mass is 232 g/mol. The summed E-state index contributed by atoms with van der Waals surface area (Å²) in [5.74, 6) is -0.166. The van der Waals surface area contributed by atoms with Crippen LogP contribution in [0.25, 0.3) is 10.9 Å². The fourth-order valence-electron chi connectivity index (χ4n) is 2.82. The van der Waals surface area contributed by atoms with Crippen LogP contribution in [0.3, 0.4) is 0 Å².